The molecule has 224 valence electrons. The second-order valence-corrected chi connectivity index (χ2v) is 14.3. The molecule has 6 fully saturated rings. The third kappa shape index (κ3) is 3.48. The van der Waals surface area contributed by atoms with E-state index in [4.69, 9.17) is 14.2 Å². The van der Waals surface area contributed by atoms with Gasteiger partial charge in [-0.25, -0.2) is 4.79 Å². The number of fused-ring (bicyclic) bond motifs is 7. The molecule has 2 heterocycles. The van der Waals surface area contributed by atoms with Crippen molar-refractivity contribution >= 4 is 5.97 Å². The van der Waals surface area contributed by atoms with E-state index in [0.29, 0.717) is 38.5 Å². The van der Waals surface area contributed by atoms with Crippen LogP contribution in [0.5, 0.6) is 0 Å². The summed E-state index contributed by atoms with van der Waals surface area (Å²) in [5, 5.41) is 67.2. The lowest BCUT2D eigenvalue weighted by atomic mass is 9.42. The molecule has 10 heteroatoms. The molecule has 0 aromatic heterocycles. The van der Waals surface area contributed by atoms with Crippen LogP contribution in [0.1, 0.15) is 64.7 Å². The summed E-state index contributed by atoms with van der Waals surface area (Å²) in [4.78, 5) is 11.9. The zero-order valence-electron chi connectivity index (χ0n) is 23.2. The van der Waals surface area contributed by atoms with Gasteiger partial charge in [-0.3, -0.25) is 0 Å². The van der Waals surface area contributed by atoms with Crippen molar-refractivity contribution in [3.8, 4) is 0 Å². The van der Waals surface area contributed by atoms with Gasteiger partial charge in [0.1, 0.15) is 18.8 Å². The first-order valence-electron chi connectivity index (χ1n) is 15.2. The van der Waals surface area contributed by atoms with E-state index in [0.717, 1.165) is 18.4 Å². The van der Waals surface area contributed by atoms with Crippen molar-refractivity contribution in [2.45, 2.75) is 107 Å². The largest absolute Gasteiger partial charge is 0.458 e. The third-order valence-corrected chi connectivity index (χ3v) is 13.0. The first-order valence-corrected chi connectivity index (χ1v) is 15.2. The fraction of sp³-hybridized carbons (Fsp3) is 0.900. The molecule has 6 N–H and O–H groups in total. The monoisotopic (exact) mass is 564 g/mol. The average Bonchev–Trinajstić information content (AvgIpc) is 3.48. The number of carbonyl (C=O) groups excluding carboxylic acids is 1. The van der Waals surface area contributed by atoms with Gasteiger partial charge in [0.05, 0.1) is 23.9 Å². The van der Waals surface area contributed by atoms with E-state index in [-0.39, 0.29) is 61.8 Å². The zero-order valence-corrected chi connectivity index (χ0v) is 23.2. The van der Waals surface area contributed by atoms with Gasteiger partial charge in [-0.05, 0) is 93.0 Å². The van der Waals surface area contributed by atoms with Crippen molar-refractivity contribution in [1.82, 2.24) is 0 Å². The highest BCUT2D eigenvalue weighted by atomic mass is 16.7. The van der Waals surface area contributed by atoms with Crippen molar-refractivity contribution in [2.75, 3.05) is 19.8 Å². The Morgan fingerprint density at radius 1 is 0.975 bits per heavy atom. The summed E-state index contributed by atoms with van der Waals surface area (Å²) >= 11 is 0. The molecule has 0 bridgehead atoms. The first kappa shape index (κ1) is 27.7. The van der Waals surface area contributed by atoms with E-state index in [2.05, 4.69) is 0 Å². The lowest BCUT2D eigenvalue weighted by Gasteiger charge is -2.67. The van der Waals surface area contributed by atoms with Crippen molar-refractivity contribution in [2.24, 2.45) is 40.4 Å². The number of esters is 1. The molecule has 0 aromatic carbocycles. The van der Waals surface area contributed by atoms with Gasteiger partial charge in [-0.15, -0.1) is 0 Å². The van der Waals surface area contributed by atoms with Crippen molar-refractivity contribution in [3.63, 3.8) is 0 Å². The predicted octanol–water partition coefficient (Wildman–Crippen LogP) is 0.401. The number of hydrogen-bond acceptors (Lipinski definition) is 10. The summed E-state index contributed by atoms with van der Waals surface area (Å²) in [6, 6.07) is 0. The van der Waals surface area contributed by atoms with E-state index in [9.17, 15) is 35.4 Å². The summed E-state index contributed by atoms with van der Waals surface area (Å²) in [7, 11) is 0. The molecule has 0 amide bonds. The summed E-state index contributed by atoms with van der Waals surface area (Å²) in [5.74, 6) is -2.74. The van der Waals surface area contributed by atoms with Crippen LogP contribution in [0, 0.1) is 40.4 Å². The molecule has 6 unspecified atom stereocenters. The average molecular weight is 565 g/mol. The van der Waals surface area contributed by atoms with Gasteiger partial charge in [-0.1, -0.05) is 6.92 Å². The zero-order chi connectivity index (χ0) is 28.2. The number of ether oxygens (including phenoxy) is 3. The number of cyclic esters (lactones) is 1. The highest BCUT2D eigenvalue weighted by Crippen LogP contribution is 2.70. The third-order valence-electron chi connectivity index (χ3n) is 13.0. The Morgan fingerprint density at radius 2 is 1.77 bits per heavy atom. The predicted molar refractivity (Wildman–Crippen MR) is 138 cm³/mol. The van der Waals surface area contributed by atoms with E-state index in [1.807, 2.05) is 6.92 Å². The van der Waals surface area contributed by atoms with Crippen LogP contribution < -0.4 is 0 Å². The maximum absolute atomic E-state index is 12.5. The molecule has 7 rings (SSSR count). The van der Waals surface area contributed by atoms with Crippen LogP contribution in [0.15, 0.2) is 11.6 Å². The number of aliphatic hydroxyl groups excluding tert-OH is 4. The van der Waals surface area contributed by atoms with Crippen LogP contribution in [-0.4, -0.2) is 98.3 Å². The molecular weight excluding hydrogens is 520 g/mol. The van der Waals surface area contributed by atoms with Crippen LogP contribution in [0.4, 0.5) is 0 Å². The lowest BCUT2D eigenvalue weighted by molar-refractivity contribution is -0.405. The molecule has 1 saturated heterocycles. The van der Waals surface area contributed by atoms with Crippen LogP contribution in [0.2, 0.25) is 0 Å². The quantitative estimate of drug-likeness (QED) is 0.264. The van der Waals surface area contributed by atoms with Crippen molar-refractivity contribution < 1.29 is 49.6 Å². The summed E-state index contributed by atoms with van der Waals surface area (Å²) in [5.41, 5.74) is -1.72. The molecule has 2 aliphatic heterocycles. The van der Waals surface area contributed by atoms with Gasteiger partial charge in [0.2, 0.25) is 5.79 Å². The van der Waals surface area contributed by atoms with E-state index in [1.165, 1.54) is 6.08 Å². The summed E-state index contributed by atoms with van der Waals surface area (Å²) < 4.78 is 17.9. The summed E-state index contributed by atoms with van der Waals surface area (Å²) in [6.07, 6.45) is 2.70. The van der Waals surface area contributed by atoms with E-state index >= 15 is 0 Å². The van der Waals surface area contributed by atoms with Crippen molar-refractivity contribution in [1.29, 1.82) is 0 Å². The molecule has 40 heavy (non-hydrogen) atoms. The van der Waals surface area contributed by atoms with Gasteiger partial charge in [0, 0.05) is 30.1 Å². The molecule has 5 saturated carbocycles. The molecule has 14 atom stereocenters. The Labute approximate surface area is 234 Å². The first-order chi connectivity index (χ1) is 19.0. The molecule has 0 aromatic rings. The summed E-state index contributed by atoms with van der Waals surface area (Å²) in [6.45, 7) is 1.96. The molecular formula is C30H44O10. The number of hydrogen-bond donors (Lipinski definition) is 6. The van der Waals surface area contributed by atoms with Crippen LogP contribution in [0.3, 0.4) is 0 Å². The molecule has 0 radical (unpaired) electrons. The Hall–Kier alpha value is -1.11. The normalized spacial score (nSPS) is 57.2. The number of rotatable bonds is 3. The van der Waals surface area contributed by atoms with Crippen LogP contribution in [0.25, 0.3) is 0 Å². The Balaban J connectivity index is 1.19. The SMILES string of the molecule is C[C@]12[C@H](O)CC3C(CCC4CC5O[C@]6(O)C(C[C@H](CO)C[C@@H]6O)OC5C[C@@]43CO)[C@@]1(O)CC[C@@H]2C1=CC(=O)OC1. The smallest absolute Gasteiger partial charge is 0.331 e. The topological polar surface area (TPSA) is 166 Å². The number of carbonyl (C=O) groups is 1. The Morgan fingerprint density at radius 3 is 2.48 bits per heavy atom. The minimum absolute atomic E-state index is 0.0515. The highest BCUT2D eigenvalue weighted by Gasteiger charge is 2.72. The minimum atomic E-state index is -1.82. The molecule has 0 spiro atoms. The van der Waals surface area contributed by atoms with Gasteiger partial charge in [0.15, 0.2) is 0 Å². The van der Waals surface area contributed by atoms with Gasteiger partial charge < -0.3 is 44.8 Å². The lowest BCUT2D eigenvalue weighted by Crippen LogP contribution is -2.71. The van der Waals surface area contributed by atoms with Crippen LogP contribution in [-0.2, 0) is 19.0 Å². The van der Waals surface area contributed by atoms with E-state index < -0.39 is 52.7 Å². The fourth-order valence-corrected chi connectivity index (χ4v) is 10.9. The molecule has 5 aliphatic carbocycles. The minimum Gasteiger partial charge on any atom is -0.458 e. The second-order valence-electron chi connectivity index (χ2n) is 14.3. The highest BCUT2D eigenvalue weighted by molar-refractivity contribution is 5.85. The second kappa shape index (κ2) is 9.19. The standard InChI is InChI=1S/C30H44O10/c1-27-18(16-8-26(35)38-13-16)4-5-29(27,36)19-3-2-17-9-21-22(11-28(17,14-32)20(19)10-23(27)33)39-25-7-15(12-31)6-24(34)30(25,37)40-21/h8,15,17-25,31-34,36-37H,2-7,9-14H2,1H3/t15-,17?,18-,19?,20?,21?,22?,23-,24+,25?,27+,28-,29+,30+/m1/s1. The maximum atomic E-state index is 12.5. The Kier molecular flexibility index (Phi) is 6.37. The Bertz CT molecular complexity index is 1080. The van der Waals surface area contributed by atoms with Crippen LogP contribution >= 0.6 is 0 Å². The molecule has 10 nitrogen and oxygen atoms in total. The van der Waals surface area contributed by atoms with Gasteiger partial charge >= 0.3 is 5.97 Å². The fourth-order valence-electron chi connectivity index (χ4n) is 10.9. The maximum Gasteiger partial charge on any atom is 0.331 e. The molecule has 7 aliphatic rings. The number of aliphatic hydroxyl groups is 6. The van der Waals surface area contributed by atoms with Gasteiger partial charge in [-0.2, -0.15) is 0 Å². The van der Waals surface area contributed by atoms with Gasteiger partial charge in [0.25, 0.3) is 0 Å². The van der Waals surface area contributed by atoms with E-state index in [1.54, 1.807) is 0 Å². The van der Waals surface area contributed by atoms with Crippen molar-refractivity contribution in [3.05, 3.63) is 11.6 Å².